The van der Waals surface area contributed by atoms with E-state index in [1.807, 2.05) is 24.3 Å². The van der Waals surface area contributed by atoms with E-state index in [0.717, 1.165) is 24.2 Å². The number of carboxylic acid groups (broad SMARTS) is 1. The summed E-state index contributed by atoms with van der Waals surface area (Å²) in [7, 11) is 1.56. The van der Waals surface area contributed by atoms with Gasteiger partial charge in [-0.05, 0) is 24.1 Å². The number of nitrogens with one attached hydrogen (secondary N) is 1. The Hall–Kier alpha value is -2.57. The van der Waals surface area contributed by atoms with Gasteiger partial charge in [0.1, 0.15) is 0 Å². The van der Waals surface area contributed by atoms with E-state index in [2.05, 4.69) is 5.32 Å². The first kappa shape index (κ1) is 16.8. The number of carbonyl (C=O) groups excluding carboxylic acids is 2. The maximum atomic E-state index is 11.8. The number of urea groups is 1. The molecular weight excluding hydrogens is 298 g/mol. The molecular formula is C16H21N3O4. The zero-order chi connectivity index (χ0) is 16.8. The van der Waals surface area contributed by atoms with E-state index in [0.29, 0.717) is 13.0 Å². The molecule has 124 valence electrons. The van der Waals surface area contributed by atoms with Gasteiger partial charge in [-0.3, -0.25) is 9.59 Å². The fourth-order valence-corrected chi connectivity index (χ4v) is 2.39. The third-order valence-corrected chi connectivity index (χ3v) is 3.77. The summed E-state index contributed by atoms with van der Waals surface area (Å²) in [4.78, 5) is 37.1. The fraction of sp³-hybridized carbons (Fsp3) is 0.438. The van der Waals surface area contributed by atoms with Crippen LogP contribution in [0.2, 0.25) is 0 Å². The third kappa shape index (κ3) is 4.70. The van der Waals surface area contributed by atoms with Gasteiger partial charge < -0.3 is 20.2 Å². The Balaban J connectivity index is 1.83. The van der Waals surface area contributed by atoms with Crippen molar-refractivity contribution in [1.29, 1.82) is 0 Å². The van der Waals surface area contributed by atoms with Gasteiger partial charge in [-0.15, -0.1) is 0 Å². The number of carboxylic acids is 1. The van der Waals surface area contributed by atoms with Crippen LogP contribution in [0.3, 0.4) is 0 Å². The minimum Gasteiger partial charge on any atom is -0.481 e. The standard InChI is InChI=1S/C16H21N3O4/c1-18(10-8-15(21)22)16(23)17-11-12-4-6-13(7-5-12)19-9-2-3-14(19)20/h4-7H,2-3,8-11H2,1H3,(H,17,23)(H,21,22). The third-order valence-electron chi connectivity index (χ3n) is 3.77. The Morgan fingerprint density at radius 1 is 1.30 bits per heavy atom. The van der Waals surface area contributed by atoms with Crippen molar-refractivity contribution >= 4 is 23.6 Å². The van der Waals surface area contributed by atoms with E-state index in [-0.39, 0.29) is 24.9 Å². The topological polar surface area (TPSA) is 89.9 Å². The van der Waals surface area contributed by atoms with Crippen molar-refractivity contribution < 1.29 is 19.5 Å². The molecule has 3 amide bonds. The molecule has 0 radical (unpaired) electrons. The first-order valence-electron chi connectivity index (χ1n) is 7.57. The van der Waals surface area contributed by atoms with Gasteiger partial charge in [-0.1, -0.05) is 12.1 Å². The van der Waals surface area contributed by atoms with Gasteiger partial charge in [0.25, 0.3) is 0 Å². The Labute approximate surface area is 134 Å². The van der Waals surface area contributed by atoms with Crippen LogP contribution in [-0.4, -0.2) is 48.1 Å². The number of nitrogens with zero attached hydrogens (tertiary/aromatic N) is 2. The summed E-state index contributed by atoms with van der Waals surface area (Å²) in [5, 5.41) is 11.3. The average molecular weight is 319 g/mol. The van der Waals surface area contributed by atoms with Crippen molar-refractivity contribution in [2.75, 3.05) is 25.0 Å². The predicted octanol–water partition coefficient (Wildman–Crippen LogP) is 1.43. The molecule has 23 heavy (non-hydrogen) atoms. The minimum absolute atomic E-state index is 0.0809. The van der Waals surface area contributed by atoms with E-state index in [9.17, 15) is 14.4 Å². The SMILES string of the molecule is CN(CCC(=O)O)C(=O)NCc1ccc(N2CCCC2=O)cc1. The number of aliphatic carboxylic acids is 1. The zero-order valence-corrected chi connectivity index (χ0v) is 13.1. The molecule has 7 nitrogen and oxygen atoms in total. The lowest BCUT2D eigenvalue weighted by atomic mass is 10.2. The molecule has 1 fully saturated rings. The molecule has 0 unspecified atom stereocenters. The Morgan fingerprint density at radius 2 is 2.00 bits per heavy atom. The van der Waals surface area contributed by atoms with Gasteiger partial charge >= 0.3 is 12.0 Å². The second-order valence-corrected chi connectivity index (χ2v) is 5.54. The van der Waals surface area contributed by atoms with Gasteiger partial charge in [0.15, 0.2) is 0 Å². The molecule has 1 aliphatic rings. The quantitative estimate of drug-likeness (QED) is 0.830. The normalized spacial score (nSPS) is 14.0. The molecule has 7 heteroatoms. The van der Waals surface area contributed by atoms with Crippen LogP contribution in [0.4, 0.5) is 10.5 Å². The van der Waals surface area contributed by atoms with Crippen molar-refractivity contribution in [2.45, 2.75) is 25.8 Å². The highest BCUT2D eigenvalue weighted by Crippen LogP contribution is 2.21. The summed E-state index contributed by atoms with van der Waals surface area (Å²) in [6.07, 6.45) is 1.41. The smallest absolute Gasteiger partial charge is 0.317 e. The Morgan fingerprint density at radius 3 is 2.57 bits per heavy atom. The monoisotopic (exact) mass is 319 g/mol. The van der Waals surface area contributed by atoms with Gasteiger partial charge in [-0.25, -0.2) is 4.79 Å². The van der Waals surface area contributed by atoms with Crippen LogP contribution in [-0.2, 0) is 16.1 Å². The summed E-state index contributed by atoms with van der Waals surface area (Å²) < 4.78 is 0. The summed E-state index contributed by atoms with van der Waals surface area (Å²) in [5.74, 6) is -0.789. The lowest BCUT2D eigenvalue weighted by Gasteiger charge is -2.18. The minimum atomic E-state index is -0.934. The van der Waals surface area contributed by atoms with Gasteiger partial charge in [-0.2, -0.15) is 0 Å². The number of hydrogen-bond acceptors (Lipinski definition) is 3. The molecule has 0 spiro atoms. The van der Waals surface area contributed by atoms with Crippen LogP contribution >= 0.6 is 0 Å². The molecule has 0 aliphatic carbocycles. The largest absolute Gasteiger partial charge is 0.481 e. The van der Waals surface area contributed by atoms with E-state index in [1.54, 1.807) is 11.9 Å². The first-order chi connectivity index (χ1) is 11.0. The highest BCUT2D eigenvalue weighted by molar-refractivity contribution is 5.95. The molecule has 1 saturated heterocycles. The average Bonchev–Trinajstić information content (AvgIpc) is 2.96. The fourth-order valence-electron chi connectivity index (χ4n) is 2.39. The number of hydrogen-bond donors (Lipinski definition) is 2. The van der Waals surface area contributed by atoms with Crippen molar-refractivity contribution in [3.63, 3.8) is 0 Å². The molecule has 1 aromatic carbocycles. The highest BCUT2D eigenvalue weighted by Gasteiger charge is 2.21. The molecule has 0 aromatic heterocycles. The lowest BCUT2D eigenvalue weighted by molar-refractivity contribution is -0.137. The maximum Gasteiger partial charge on any atom is 0.317 e. The van der Waals surface area contributed by atoms with Crippen LogP contribution in [0, 0.1) is 0 Å². The predicted molar refractivity (Wildman–Crippen MR) is 85.1 cm³/mol. The summed E-state index contributed by atoms with van der Waals surface area (Å²) in [6, 6.07) is 7.18. The Bertz CT molecular complexity index is 585. The van der Waals surface area contributed by atoms with E-state index in [4.69, 9.17) is 5.11 Å². The van der Waals surface area contributed by atoms with E-state index in [1.165, 1.54) is 4.90 Å². The van der Waals surface area contributed by atoms with Crippen LogP contribution < -0.4 is 10.2 Å². The van der Waals surface area contributed by atoms with Gasteiger partial charge in [0, 0.05) is 38.8 Å². The molecule has 1 aliphatic heterocycles. The highest BCUT2D eigenvalue weighted by atomic mass is 16.4. The molecule has 0 atom stereocenters. The number of anilines is 1. The molecule has 0 saturated carbocycles. The van der Waals surface area contributed by atoms with Crippen LogP contribution in [0.15, 0.2) is 24.3 Å². The molecule has 1 aromatic rings. The van der Waals surface area contributed by atoms with Crippen molar-refractivity contribution in [1.82, 2.24) is 10.2 Å². The summed E-state index contributed by atoms with van der Waals surface area (Å²) in [5.41, 5.74) is 1.79. The zero-order valence-electron chi connectivity index (χ0n) is 13.1. The second kappa shape index (κ2) is 7.62. The van der Waals surface area contributed by atoms with Crippen LogP contribution in [0.1, 0.15) is 24.8 Å². The number of rotatable bonds is 6. The van der Waals surface area contributed by atoms with Gasteiger partial charge in [0.05, 0.1) is 6.42 Å². The molecule has 2 rings (SSSR count). The Kier molecular flexibility index (Phi) is 5.56. The molecule has 2 N–H and O–H groups in total. The van der Waals surface area contributed by atoms with E-state index >= 15 is 0 Å². The van der Waals surface area contributed by atoms with Gasteiger partial charge in [0.2, 0.25) is 5.91 Å². The molecule has 0 bridgehead atoms. The maximum absolute atomic E-state index is 11.8. The van der Waals surface area contributed by atoms with Crippen molar-refractivity contribution in [3.05, 3.63) is 29.8 Å². The first-order valence-corrected chi connectivity index (χ1v) is 7.57. The lowest BCUT2D eigenvalue weighted by Crippen LogP contribution is -2.37. The number of amides is 3. The molecule has 1 heterocycles. The summed E-state index contributed by atoms with van der Waals surface area (Å²) in [6.45, 7) is 1.27. The van der Waals surface area contributed by atoms with E-state index < -0.39 is 5.97 Å². The number of carbonyl (C=O) groups is 3. The number of benzene rings is 1. The van der Waals surface area contributed by atoms with Crippen molar-refractivity contribution in [3.8, 4) is 0 Å². The summed E-state index contributed by atoms with van der Waals surface area (Å²) >= 11 is 0. The van der Waals surface area contributed by atoms with Crippen molar-refractivity contribution in [2.24, 2.45) is 0 Å². The second-order valence-electron chi connectivity index (χ2n) is 5.54. The van der Waals surface area contributed by atoms with Crippen LogP contribution in [0.5, 0.6) is 0 Å². The van der Waals surface area contributed by atoms with Crippen LogP contribution in [0.25, 0.3) is 0 Å².